The van der Waals surface area contributed by atoms with Gasteiger partial charge in [-0.05, 0) is 0 Å². The maximum absolute atomic E-state index is 12.2. The summed E-state index contributed by atoms with van der Waals surface area (Å²) in [6, 6.07) is 8.32. The van der Waals surface area contributed by atoms with Gasteiger partial charge in [-0.2, -0.15) is 0 Å². The molecule has 4 heteroatoms. The zero-order valence-electron chi connectivity index (χ0n) is 13.6. The molecule has 0 N–H and O–H groups in total. The van der Waals surface area contributed by atoms with Crippen molar-refractivity contribution < 1.29 is 9.53 Å². The molecule has 0 spiro atoms. The van der Waals surface area contributed by atoms with Crippen LogP contribution < -0.4 is 4.46 Å². The van der Waals surface area contributed by atoms with Crippen LogP contribution >= 0.6 is 0 Å². The number of carbonyl (C=O) groups is 1. The van der Waals surface area contributed by atoms with Gasteiger partial charge < -0.3 is 0 Å². The normalized spacial score (nSPS) is 15.9. The topological polar surface area (TPSA) is 29.5 Å². The molecule has 0 saturated carbocycles. The molecule has 1 aliphatic heterocycles. The number of ketones is 1. The summed E-state index contributed by atoms with van der Waals surface area (Å²) in [5.74, 6) is 0.261. The van der Waals surface area contributed by atoms with Crippen LogP contribution in [-0.4, -0.2) is 58.5 Å². The Morgan fingerprint density at radius 1 is 1.18 bits per heavy atom. The second kappa shape index (κ2) is 10.2. The van der Waals surface area contributed by atoms with Crippen LogP contribution in [0, 0.1) is 0 Å². The van der Waals surface area contributed by atoms with Crippen molar-refractivity contribution in [1.29, 1.82) is 0 Å². The van der Waals surface area contributed by atoms with E-state index in [0.29, 0.717) is 21.4 Å². The Morgan fingerprint density at radius 2 is 1.91 bits per heavy atom. The van der Waals surface area contributed by atoms with Crippen LogP contribution in [0.15, 0.2) is 24.3 Å². The minimum atomic E-state index is 0.261. The molecule has 1 fully saturated rings. The number of hydrogen-bond acceptors (Lipinski definition) is 3. The first kappa shape index (κ1) is 17.7. The van der Waals surface area contributed by atoms with Gasteiger partial charge in [-0.15, -0.1) is 0 Å². The summed E-state index contributed by atoms with van der Waals surface area (Å²) in [6.45, 7) is 6.58. The standard InChI is InChI=1S/C18H27NO2Se/c1-2-3-4-15-22-17-7-5-16(6-8-17)18(20)9-10-19-11-13-21-14-12-19/h5-8H,2-4,9-15H2,1H3. The third-order valence-corrected chi connectivity index (χ3v) is 6.26. The zero-order chi connectivity index (χ0) is 15.6. The number of rotatable bonds is 9. The first-order valence-corrected chi connectivity index (χ1v) is 10.4. The summed E-state index contributed by atoms with van der Waals surface area (Å²) in [7, 11) is 0. The number of morpholine rings is 1. The van der Waals surface area contributed by atoms with Gasteiger partial charge in [0.1, 0.15) is 0 Å². The van der Waals surface area contributed by atoms with Crippen molar-refractivity contribution in [2.24, 2.45) is 0 Å². The van der Waals surface area contributed by atoms with Gasteiger partial charge >= 0.3 is 140 Å². The molecule has 1 aromatic carbocycles. The molecule has 1 aliphatic rings. The van der Waals surface area contributed by atoms with Crippen molar-refractivity contribution in [2.45, 2.75) is 37.9 Å². The van der Waals surface area contributed by atoms with Crippen molar-refractivity contribution in [2.75, 3.05) is 32.8 Å². The number of unbranched alkanes of at least 4 members (excludes halogenated alkanes) is 2. The van der Waals surface area contributed by atoms with E-state index in [9.17, 15) is 4.79 Å². The number of carbonyl (C=O) groups excluding carboxylic acids is 1. The van der Waals surface area contributed by atoms with E-state index in [-0.39, 0.29) is 5.78 Å². The molecule has 2 rings (SSSR count). The fourth-order valence-corrected chi connectivity index (χ4v) is 4.42. The summed E-state index contributed by atoms with van der Waals surface area (Å²) in [4.78, 5) is 14.6. The molecule has 0 bridgehead atoms. The van der Waals surface area contributed by atoms with Gasteiger partial charge in [0.2, 0.25) is 0 Å². The van der Waals surface area contributed by atoms with Gasteiger partial charge in [0, 0.05) is 0 Å². The van der Waals surface area contributed by atoms with E-state index in [0.717, 1.165) is 38.4 Å². The van der Waals surface area contributed by atoms with Gasteiger partial charge in [-0.3, -0.25) is 0 Å². The molecule has 0 radical (unpaired) electrons. The van der Waals surface area contributed by atoms with Crippen molar-refractivity contribution >= 4 is 25.2 Å². The second-order valence-electron chi connectivity index (χ2n) is 5.71. The summed E-state index contributed by atoms with van der Waals surface area (Å²) >= 11 is 0.560. The van der Waals surface area contributed by atoms with E-state index in [4.69, 9.17) is 4.74 Å². The number of Topliss-reactive ketones (excluding diaryl/α,β-unsaturated/α-hetero) is 1. The van der Waals surface area contributed by atoms with Crippen LogP contribution in [0.1, 0.15) is 43.0 Å². The van der Waals surface area contributed by atoms with Crippen molar-refractivity contribution in [1.82, 2.24) is 4.90 Å². The first-order chi connectivity index (χ1) is 10.8. The Bertz CT molecular complexity index is 441. The quantitative estimate of drug-likeness (QED) is 0.381. The van der Waals surface area contributed by atoms with E-state index in [1.54, 1.807) is 0 Å². The van der Waals surface area contributed by atoms with Crippen molar-refractivity contribution in [3.63, 3.8) is 0 Å². The molecule has 0 amide bonds. The fourth-order valence-electron chi connectivity index (χ4n) is 2.51. The van der Waals surface area contributed by atoms with Crippen LogP contribution in [0.3, 0.4) is 0 Å². The second-order valence-corrected chi connectivity index (χ2v) is 8.16. The van der Waals surface area contributed by atoms with E-state index in [2.05, 4.69) is 24.0 Å². The van der Waals surface area contributed by atoms with Crippen LogP contribution in [-0.2, 0) is 4.74 Å². The molecule has 3 nitrogen and oxygen atoms in total. The summed E-state index contributed by atoms with van der Waals surface area (Å²) < 4.78 is 6.74. The summed E-state index contributed by atoms with van der Waals surface area (Å²) in [5, 5.41) is 1.31. The molecule has 1 heterocycles. The van der Waals surface area contributed by atoms with Crippen LogP contribution in [0.4, 0.5) is 0 Å². The van der Waals surface area contributed by atoms with E-state index >= 15 is 0 Å². The Labute approximate surface area is 140 Å². The monoisotopic (exact) mass is 369 g/mol. The SMILES string of the molecule is CCCCC[Se]c1ccc(C(=O)CCN2CCOCC2)cc1. The molecule has 0 aromatic heterocycles. The molecule has 0 atom stereocenters. The molecule has 0 unspecified atom stereocenters. The molecule has 1 aromatic rings. The van der Waals surface area contributed by atoms with E-state index in [1.165, 1.54) is 29.0 Å². The maximum atomic E-state index is 12.2. The predicted octanol–water partition coefficient (Wildman–Crippen LogP) is 2.53. The minimum absolute atomic E-state index is 0.261. The molecule has 1 saturated heterocycles. The predicted molar refractivity (Wildman–Crippen MR) is 92.4 cm³/mol. The molecule has 22 heavy (non-hydrogen) atoms. The Balaban J connectivity index is 1.73. The number of hydrogen-bond donors (Lipinski definition) is 0. The average Bonchev–Trinajstić information content (AvgIpc) is 2.58. The third-order valence-electron chi connectivity index (χ3n) is 3.95. The third kappa shape index (κ3) is 6.21. The Kier molecular flexibility index (Phi) is 8.17. The number of nitrogens with zero attached hydrogens (tertiary/aromatic N) is 1. The van der Waals surface area contributed by atoms with Gasteiger partial charge in [0.15, 0.2) is 0 Å². The fraction of sp³-hybridized carbons (Fsp3) is 0.611. The van der Waals surface area contributed by atoms with Gasteiger partial charge in [-0.1, -0.05) is 0 Å². The van der Waals surface area contributed by atoms with Gasteiger partial charge in [-0.25, -0.2) is 0 Å². The van der Waals surface area contributed by atoms with Crippen LogP contribution in [0.25, 0.3) is 0 Å². The zero-order valence-corrected chi connectivity index (χ0v) is 15.3. The molecular formula is C18H27NO2Se. The number of ether oxygens (including phenoxy) is 1. The van der Waals surface area contributed by atoms with Gasteiger partial charge in [0.25, 0.3) is 0 Å². The van der Waals surface area contributed by atoms with Crippen molar-refractivity contribution in [3.05, 3.63) is 29.8 Å². The van der Waals surface area contributed by atoms with Crippen molar-refractivity contribution in [3.8, 4) is 0 Å². The molecular weight excluding hydrogens is 341 g/mol. The molecule has 0 aliphatic carbocycles. The summed E-state index contributed by atoms with van der Waals surface area (Å²) in [6.07, 6.45) is 4.56. The number of benzene rings is 1. The van der Waals surface area contributed by atoms with Crippen LogP contribution in [0.5, 0.6) is 0 Å². The Hall–Kier alpha value is -0.671. The van der Waals surface area contributed by atoms with E-state index < -0.39 is 0 Å². The van der Waals surface area contributed by atoms with Crippen LogP contribution in [0.2, 0.25) is 5.32 Å². The Morgan fingerprint density at radius 3 is 2.59 bits per heavy atom. The summed E-state index contributed by atoms with van der Waals surface area (Å²) in [5.41, 5.74) is 0.862. The van der Waals surface area contributed by atoms with E-state index in [1.807, 2.05) is 12.1 Å². The average molecular weight is 368 g/mol. The van der Waals surface area contributed by atoms with Gasteiger partial charge in [0.05, 0.1) is 0 Å². The molecule has 122 valence electrons. The first-order valence-electron chi connectivity index (χ1n) is 8.35.